The molecule has 96 valence electrons. The molecule has 1 amide bonds. The molecule has 0 aliphatic carbocycles. The molecular formula is C11H11FN2O4. The van der Waals surface area contributed by atoms with E-state index in [0.717, 1.165) is 6.07 Å². The SMILES string of the molecule is COc1cnc([C@H]2CNC(=O)[C@@H]2C(=O)O)c(F)c1. The summed E-state index contributed by atoms with van der Waals surface area (Å²) in [6.45, 7) is 0.0616. The van der Waals surface area contributed by atoms with E-state index in [1.165, 1.54) is 13.3 Å². The van der Waals surface area contributed by atoms with Gasteiger partial charge in [-0.2, -0.15) is 0 Å². The molecule has 1 fully saturated rings. The van der Waals surface area contributed by atoms with Gasteiger partial charge in [-0.1, -0.05) is 0 Å². The van der Waals surface area contributed by atoms with Gasteiger partial charge in [0.1, 0.15) is 17.5 Å². The smallest absolute Gasteiger partial charge is 0.316 e. The molecule has 0 saturated carbocycles. The summed E-state index contributed by atoms with van der Waals surface area (Å²) in [5, 5.41) is 11.4. The fraction of sp³-hybridized carbons (Fsp3) is 0.364. The van der Waals surface area contributed by atoms with Crippen molar-refractivity contribution in [2.24, 2.45) is 5.92 Å². The summed E-state index contributed by atoms with van der Waals surface area (Å²) >= 11 is 0. The molecular weight excluding hydrogens is 243 g/mol. The molecule has 1 aliphatic heterocycles. The number of amides is 1. The Balaban J connectivity index is 2.36. The lowest BCUT2D eigenvalue weighted by Gasteiger charge is -2.13. The third-order valence-corrected chi connectivity index (χ3v) is 2.88. The van der Waals surface area contributed by atoms with Gasteiger partial charge in [-0.15, -0.1) is 0 Å². The Morgan fingerprint density at radius 3 is 2.94 bits per heavy atom. The Morgan fingerprint density at radius 1 is 1.67 bits per heavy atom. The van der Waals surface area contributed by atoms with Crippen molar-refractivity contribution in [3.05, 3.63) is 23.8 Å². The normalized spacial score (nSPS) is 22.7. The van der Waals surface area contributed by atoms with E-state index in [4.69, 9.17) is 9.84 Å². The molecule has 0 bridgehead atoms. The summed E-state index contributed by atoms with van der Waals surface area (Å²) in [4.78, 5) is 26.2. The van der Waals surface area contributed by atoms with Crippen LogP contribution in [0.25, 0.3) is 0 Å². The van der Waals surface area contributed by atoms with Crippen molar-refractivity contribution < 1.29 is 23.8 Å². The first-order valence-electron chi connectivity index (χ1n) is 5.24. The average Bonchev–Trinajstić information content (AvgIpc) is 2.70. The Labute approximate surface area is 102 Å². The third-order valence-electron chi connectivity index (χ3n) is 2.88. The number of hydrogen-bond donors (Lipinski definition) is 2. The molecule has 2 heterocycles. The van der Waals surface area contributed by atoms with Crippen LogP contribution in [0.2, 0.25) is 0 Å². The minimum Gasteiger partial charge on any atom is -0.495 e. The van der Waals surface area contributed by atoms with Gasteiger partial charge in [-0.3, -0.25) is 14.6 Å². The molecule has 2 atom stereocenters. The van der Waals surface area contributed by atoms with Gasteiger partial charge in [-0.25, -0.2) is 4.39 Å². The van der Waals surface area contributed by atoms with Crippen LogP contribution in [0.5, 0.6) is 5.75 Å². The van der Waals surface area contributed by atoms with E-state index in [-0.39, 0.29) is 18.0 Å². The van der Waals surface area contributed by atoms with E-state index in [2.05, 4.69) is 10.3 Å². The van der Waals surface area contributed by atoms with Crippen LogP contribution in [-0.4, -0.2) is 35.6 Å². The number of carboxylic acids is 1. The average molecular weight is 254 g/mol. The van der Waals surface area contributed by atoms with Crippen LogP contribution >= 0.6 is 0 Å². The lowest BCUT2D eigenvalue weighted by atomic mass is 9.92. The van der Waals surface area contributed by atoms with Gasteiger partial charge in [0, 0.05) is 18.5 Å². The van der Waals surface area contributed by atoms with Crippen molar-refractivity contribution in [1.82, 2.24) is 10.3 Å². The number of aromatic nitrogens is 1. The highest BCUT2D eigenvalue weighted by atomic mass is 19.1. The molecule has 0 spiro atoms. The van der Waals surface area contributed by atoms with Crippen LogP contribution in [0.15, 0.2) is 12.3 Å². The number of nitrogens with zero attached hydrogens (tertiary/aromatic N) is 1. The highest BCUT2D eigenvalue weighted by Gasteiger charge is 2.43. The lowest BCUT2D eigenvalue weighted by molar-refractivity contribution is -0.145. The summed E-state index contributed by atoms with van der Waals surface area (Å²) in [5.41, 5.74) is -0.0402. The second kappa shape index (κ2) is 4.59. The Bertz CT molecular complexity index is 506. The first kappa shape index (κ1) is 12.3. The zero-order chi connectivity index (χ0) is 13.3. The summed E-state index contributed by atoms with van der Waals surface area (Å²) in [6.07, 6.45) is 1.29. The summed E-state index contributed by atoms with van der Waals surface area (Å²) in [5.74, 6) is -4.46. The molecule has 0 radical (unpaired) electrons. The van der Waals surface area contributed by atoms with Crippen LogP contribution < -0.4 is 10.1 Å². The summed E-state index contributed by atoms with van der Waals surface area (Å²) < 4.78 is 18.6. The zero-order valence-corrected chi connectivity index (χ0v) is 9.51. The minimum absolute atomic E-state index is 0.0402. The standard InChI is InChI=1S/C11H11FN2O4/c1-18-5-2-7(12)9(13-3-5)6-4-14-10(15)8(6)11(16)17/h2-3,6,8H,4H2,1H3,(H,14,15)(H,16,17)/t6-,8+/m0/s1. The molecule has 1 aromatic heterocycles. The summed E-state index contributed by atoms with van der Waals surface area (Å²) in [6, 6.07) is 1.12. The molecule has 6 nitrogen and oxygen atoms in total. The quantitative estimate of drug-likeness (QED) is 0.749. The topological polar surface area (TPSA) is 88.5 Å². The highest BCUT2D eigenvalue weighted by molar-refractivity contribution is 5.99. The fourth-order valence-corrected chi connectivity index (χ4v) is 1.98. The Kier molecular flexibility index (Phi) is 3.14. The Hall–Kier alpha value is -2.18. The van der Waals surface area contributed by atoms with Gasteiger partial charge in [0.15, 0.2) is 0 Å². The maximum atomic E-state index is 13.8. The molecule has 1 aromatic rings. The predicted octanol–water partition coefficient (Wildman–Crippen LogP) is 0.143. The molecule has 18 heavy (non-hydrogen) atoms. The second-order valence-electron chi connectivity index (χ2n) is 3.91. The van der Waals surface area contributed by atoms with Crippen LogP contribution in [0, 0.1) is 11.7 Å². The van der Waals surface area contributed by atoms with E-state index in [1.54, 1.807) is 0 Å². The molecule has 7 heteroatoms. The zero-order valence-electron chi connectivity index (χ0n) is 9.51. The van der Waals surface area contributed by atoms with Crippen molar-refractivity contribution in [1.29, 1.82) is 0 Å². The molecule has 2 rings (SSSR count). The van der Waals surface area contributed by atoms with Gasteiger partial charge in [0.05, 0.1) is 19.0 Å². The van der Waals surface area contributed by atoms with Crippen LogP contribution in [-0.2, 0) is 9.59 Å². The maximum Gasteiger partial charge on any atom is 0.316 e. The molecule has 0 aromatic carbocycles. The van der Waals surface area contributed by atoms with Crippen molar-refractivity contribution in [2.45, 2.75) is 5.92 Å². The second-order valence-corrected chi connectivity index (χ2v) is 3.91. The summed E-state index contributed by atoms with van der Waals surface area (Å²) in [7, 11) is 1.37. The van der Waals surface area contributed by atoms with Crippen LogP contribution in [0.3, 0.4) is 0 Å². The van der Waals surface area contributed by atoms with Crippen molar-refractivity contribution in [3.63, 3.8) is 0 Å². The lowest BCUT2D eigenvalue weighted by Crippen LogP contribution is -2.27. The number of carbonyl (C=O) groups is 2. The monoisotopic (exact) mass is 254 g/mol. The number of aliphatic carboxylic acids is 1. The van der Waals surface area contributed by atoms with E-state index in [1.807, 2.05) is 0 Å². The number of hydrogen-bond acceptors (Lipinski definition) is 4. The van der Waals surface area contributed by atoms with Crippen molar-refractivity contribution in [3.8, 4) is 5.75 Å². The third kappa shape index (κ3) is 1.99. The fourth-order valence-electron chi connectivity index (χ4n) is 1.98. The number of carbonyl (C=O) groups excluding carboxylic acids is 1. The molecule has 0 unspecified atom stereocenters. The minimum atomic E-state index is -1.31. The molecule has 2 N–H and O–H groups in total. The number of carboxylic acid groups (broad SMARTS) is 1. The van der Waals surface area contributed by atoms with E-state index >= 15 is 0 Å². The van der Waals surface area contributed by atoms with Crippen LogP contribution in [0.4, 0.5) is 4.39 Å². The highest BCUT2D eigenvalue weighted by Crippen LogP contribution is 2.30. The maximum absolute atomic E-state index is 13.8. The van der Waals surface area contributed by atoms with Crippen LogP contribution in [0.1, 0.15) is 11.6 Å². The van der Waals surface area contributed by atoms with E-state index in [0.29, 0.717) is 0 Å². The van der Waals surface area contributed by atoms with E-state index < -0.39 is 29.5 Å². The van der Waals surface area contributed by atoms with Gasteiger partial charge >= 0.3 is 5.97 Å². The largest absolute Gasteiger partial charge is 0.495 e. The van der Waals surface area contributed by atoms with E-state index in [9.17, 15) is 14.0 Å². The first-order chi connectivity index (χ1) is 8.54. The number of halogens is 1. The molecule has 1 saturated heterocycles. The van der Waals surface area contributed by atoms with Gasteiger partial charge in [0.25, 0.3) is 0 Å². The van der Waals surface area contributed by atoms with Crippen molar-refractivity contribution >= 4 is 11.9 Å². The van der Waals surface area contributed by atoms with Gasteiger partial charge in [-0.05, 0) is 0 Å². The first-order valence-corrected chi connectivity index (χ1v) is 5.24. The van der Waals surface area contributed by atoms with Crippen molar-refractivity contribution in [2.75, 3.05) is 13.7 Å². The predicted molar refractivity (Wildman–Crippen MR) is 57.6 cm³/mol. The number of rotatable bonds is 3. The number of nitrogens with one attached hydrogen (secondary N) is 1. The number of ether oxygens (including phenoxy) is 1. The van der Waals surface area contributed by atoms with Gasteiger partial charge in [0.2, 0.25) is 5.91 Å². The molecule has 1 aliphatic rings. The Morgan fingerprint density at radius 2 is 2.39 bits per heavy atom. The van der Waals surface area contributed by atoms with Gasteiger partial charge < -0.3 is 15.2 Å². The number of pyridine rings is 1. The number of methoxy groups -OCH3 is 1.